The Hall–Kier alpha value is -1.89. The molecule has 0 bridgehead atoms. The van der Waals surface area contributed by atoms with Gasteiger partial charge in [0.05, 0.1) is 6.54 Å². The minimum Gasteiger partial charge on any atom is -0.480 e. The summed E-state index contributed by atoms with van der Waals surface area (Å²) in [7, 11) is 0. The predicted octanol–water partition coefficient (Wildman–Crippen LogP) is -1.76. The summed E-state index contributed by atoms with van der Waals surface area (Å²) in [6, 6.07) is 0.272. The lowest BCUT2D eigenvalue weighted by molar-refractivity contribution is -0.138. The van der Waals surface area contributed by atoms with E-state index >= 15 is 0 Å². The van der Waals surface area contributed by atoms with E-state index in [4.69, 9.17) is 16.6 Å². The zero-order valence-electron chi connectivity index (χ0n) is 7.25. The zero-order valence-corrected chi connectivity index (χ0v) is 7.25. The SMILES string of the molecule is Nc1ccn(CC(N)C(=O)O)c(=O)n1. The van der Waals surface area contributed by atoms with Crippen molar-refractivity contribution in [2.45, 2.75) is 12.6 Å². The molecule has 76 valence electrons. The van der Waals surface area contributed by atoms with Gasteiger partial charge in [-0.25, -0.2) is 4.79 Å². The van der Waals surface area contributed by atoms with E-state index in [1.54, 1.807) is 0 Å². The molecule has 7 nitrogen and oxygen atoms in total. The molecule has 1 unspecified atom stereocenters. The van der Waals surface area contributed by atoms with Crippen molar-refractivity contribution in [3.63, 3.8) is 0 Å². The van der Waals surface area contributed by atoms with Gasteiger partial charge in [-0.1, -0.05) is 0 Å². The van der Waals surface area contributed by atoms with E-state index in [0.29, 0.717) is 0 Å². The van der Waals surface area contributed by atoms with Gasteiger partial charge >= 0.3 is 11.7 Å². The van der Waals surface area contributed by atoms with Gasteiger partial charge in [-0.3, -0.25) is 9.36 Å². The van der Waals surface area contributed by atoms with Gasteiger partial charge in [-0.15, -0.1) is 0 Å². The molecule has 0 fully saturated rings. The van der Waals surface area contributed by atoms with Crippen molar-refractivity contribution in [2.75, 3.05) is 5.73 Å². The summed E-state index contributed by atoms with van der Waals surface area (Å²) in [5.74, 6) is -1.08. The maximum atomic E-state index is 11.1. The lowest BCUT2D eigenvalue weighted by Gasteiger charge is -2.08. The van der Waals surface area contributed by atoms with Crippen LogP contribution in [-0.4, -0.2) is 26.7 Å². The summed E-state index contributed by atoms with van der Waals surface area (Å²) in [5.41, 5.74) is 9.87. The normalized spacial score (nSPS) is 12.4. The molecule has 0 aliphatic carbocycles. The third-order valence-corrected chi connectivity index (χ3v) is 1.61. The summed E-state index contributed by atoms with van der Waals surface area (Å²) in [6.45, 7) is -0.124. The van der Waals surface area contributed by atoms with E-state index in [0.717, 1.165) is 4.57 Å². The van der Waals surface area contributed by atoms with Gasteiger partial charge < -0.3 is 16.6 Å². The van der Waals surface area contributed by atoms with Crippen LogP contribution >= 0.6 is 0 Å². The maximum Gasteiger partial charge on any atom is 0.349 e. The minimum atomic E-state index is -1.17. The average Bonchev–Trinajstić information content (AvgIpc) is 2.09. The summed E-state index contributed by atoms with van der Waals surface area (Å²) in [5, 5.41) is 8.50. The van der Waals surface area contributed by atoms with E-state index < -0.39 is 17.7 Å². The van der Waals surface area contributed by atoms with Gasteiger partial charge in [0.1, 0.15) is 11.9 Å². The molecule has 0 saturated carbocycles. The van der Waals surface area contributed by atoms with Crippen LogP contribution in [-0.2, 0) is 11.3 Å². The third kappa shape index (κ3) is 2.30. The lowest BCUT2D eigenvalue weighted by atomic mass is 10.3. The Morgan fingerprint density at radius 3 is 2.86 bits per heavy atom. The molecule has 0 aliphatic rings. The van der Waals surface area contributed by atoms with Crippen molar-refractivity contribution in [3.8, 4) is 0 Å². The largest absolute Gasteiger partial charge is 0.480 e. The first-order chi connectivity index (χ1) is 6.50. The van der Waals surface area contributed by atoms with Gasteiger partial charge in [-0.2, -0.15) is 4.98 Å². The molecule has 7 heteroatoms. The molecule has 0 saturated heterocycles. The van der Waals surface area contributed by atoms with Crippen molar-refractivity contribution in [2.24, 2.45) is 5.73 Å². The fraction of sp³-hybridized carbons (Fsp3) is 0.286. The maximum absolute atomic E-state index is 11.1. The van der Waals surface area contributed by atoms with Gasteiger partial charge in [0.2, 0.25) is 0 Å². The number of nitrogens with two attached hydrogens (primary N) is 2. The number of hydrogen-bond donors (Lipinski definition) is 3. The molecule has 1 atom stereocenters. The number of nitrogen functional groups attached to an aromatic ring is 1. The molecular formula is C7H10N4O3. The lowest BCUT2D eigenvalue weighted by Crippen LogP contribution is -2.38. The van der Waals surface area contributed by atoms with Crippen molar-refractivity contribution < 1.29 is 9.90 Å². The minimum absolute atomic E-state index is 0.0927. The highest BCUT2D eigenvalue weighted by atomic mass is 16.4. The smallest absolute Gasteiger partial charge is 0.349 e. The number of nitrogens with zero attached hydrogens (tertiary/aromatic N) is 2. The van der Waals surface area contributed by atoms with Crippen LogP contribution in [0.25, 0.3) is 0 Å². The van der Waals surface area contributed by atoms with Gasteiger partial charge in [0, 0.05) is 6.20 Å². The number of rotatable bonds is 3. The standard InChI is InChI=1S/C7H10N4O3/c8-4(6(12)13)3-11-2-1-5(9)10-7(11)14/h1-2,4H,3,8H2,(H,12,13)(H2,9,10,14). The highest BCUT2D eigenvalue weighted by Gasteiger charge is 2.12. The molecule has 14 heavy (non-hydrogen) atoms. The number of aliphatic carboxylic acids is 1. The van der Waals surface area contributed by atoms with Crippen molar-refractivity contribution in [3.05, 3.63) is 22.7 Å². The molecule has 0 spiro atoms. The summed E-state index contributed by atoms with van der Waals surface area (Å²) >= 11 is 0. The monoisotopic (exact) mass is 198 g/mol. The third-order valence-electron chi connectivity index (χ3n) is 1.61. The topological polar surface area (TPSA) is 124 Å². The van der Waals surface area contributed by atoms with E-state index in [2.05, 4.69) is 4.98 Å². The van der Waals surface area contributed by atoms with E-state index in [1.807, 2.05) is 0 Å². The Balaban J connectivity index is 2.88. The summed E-state index contributed by atoms with van der Waals surface area (Å²) in [6.07, 6.45) is 1.35. The Bertz CT molecular complexity index is 400. The molecule has 1 rings (SSSR count). The van der Waals surface area contributed by atoms with Crippen molar-refractivity contribution in [1.29, 1.82) is 0 Å². The first-order valence-electron chi connectivity index (χ1n) is 3.82. The Morgan fingerprint density at radius 2 is 2.36 bits per heavy atom. The number of anilines is 1. The van der Waals surface area contributed by atoms with Crippen LogP contribution in [0.15, 0.2) is 17.1 Å². The molecule has 0 aromatic carbocycles. The first kappa shape index (κ1) is 10.2. The van der Waals surface area contributed by atoms with Crippen molar-refractivity contribution in [1.82, 2.24) is 9.55 Å². The second-order valence-electron chi connectivity index (χ2n) is 2.73. The number of carbonyl (C=O) groups is 1. The molecule has 0 amide bonds. The van der Waals surface area contributed by atoms with Crippen LogP contribution in [0.2, 0.25) is 0 Å². The Labute approximate surface area is 79.0 Å². The average molecular weight is 198 g/mol. The Kier molecular flexibility index (Phi) is 2.82. The number of carboxylic acids is 1. The van der Waals surface area contributed by atoms with Gasteiger partial charge in [-0.05, 0) is 6.07 Å². The summed E-state index contributed by atoms with van der Waals surface area (Å²) < 4.78 is 1.09. The fourth-order valence-corrected chi connectivity index (χ4v) is 0.871. The van der Waals surface area contributed by atoms with E-state index in [-0.39, 0.29) is 12.4 Å². The zero-order chi connectivity index (χ0) is 10.7. The van der Waals surface area contributed by atoms with E-state index in [9.17, 15) is 9.59 Å². The van der Waals surface area contributed by atoms with Crippen LogP contribution in [0, 0.1) is 0 Å². The fourth-order valence-electron chi connectivity index (χ4n) is 0.871. The molecule has 1 heterocycles. The first-order valence-corrected chi connectivity index (χ1v) is 3.82. The van der Waals surface area contributed by atoms with Crippen LogP contribution in [0.1, 0.15) is 0 Å². The van der Waals surface area contributed by atoms with Crippen LogP contribution in [0.3, 0.4) is 0 Å². The number of carboxylic acid groups (broad SMARTS) is 1. The second-order valence-corrected chi connectivity index (χ2v) is 2.73. The highest BCUT2D eigenvalue weighted by Crippen LogP contribution is 1.91. The molecule has 0 radical (unpaired) electrons. The van der Waals surface area contributed by atoms with Gasteiger partial charge in [0.25, 0.3) is 0 Å². The molecule has 1 aromatic heterocycles. The number of aromatic nitrogens is 2. The molecule has 0 aliphatic heterocycles. The Morgan fingerprint density at radius 1 is 1.71 bits per heavy atom. The van der Waals surface area contributed by atoms with Crippen LogP contribution in [0.4, 0.5) is 5.82 Å². The van der Waals surface area contributed by atoms with E-state index in [1.165, 1.54) is 12.3 Å². The second kappa shape index (κ2) is 3.88. The summed E-state index contributed by atoms with van der Waals surface area (Å²) in [4.78, 5) is 24.9. The highest BCUT2D eigenvalue weighted by molar-refractivity contribution is 5.72. The molecular weight excluding hydrogens is 188 g/mol. The quantitative estimate of drug-likeness (QED) is 0.528. The van der Waals surface area contributed by atoms with Crippen LogP contribution < -0.4 is 17.2 Å². The molecule has 5 N–H and O–H groups in total. The molecule has 1 aromatic rings. The van der Waals surface area contributed by atoms with Gasteiger partial charge in [0.15, 0.2) is 0 Å². The van der Waals surface area contributed by atoms with Crippen LogP contribution in [0.5, 0.6) is 0 Å². The van der Waals surface area contributed by atoms with Crippen molar-refractivity contribution >= 4 is 11.8 Å². The number of hydrogen-bond acceptors (Lipinski definition) is 5. The predicted molar refractivity (Wildman–Crippen MR) is 48.5 cm³/mol.